The third kappa shape index (κ3) is 6.11. The molecule has 0 bridgehead atoms. The van der Waals surface area contributed by atoms with E-state index in [1.807, 2.05) is 56.3 Å². The molecule has 1 unspecified atom stereocenters. The number of nitrogens with one attached hydrogen (secondary N) is 1. The van der Waals surface area contributed by atoms with Crippen LogP contribution in [0.1, 0.15) is 51.8 Å². The fourth-order valence-electron chi connectivity index (χ4n) is 5.05. The van der Waals surface area contributed by atoms with Gasteiger partial charge in [-0.05, 0) is 87.4 Å². The number of rotatable bonds is 10. The third-order valence-electron chi connectivity index (χ3n) is 6.89. The largest absolute Gasteiger partial charge is 0.496 e. The molecule has 0 saturated heterocycles. The molecule has 1 amide bonds. The Morgan fingerprint density at radius 2 is 1.64 bits per heavy atom. The summed E-state index contributed by atoms with van der Waals surface area (Å²) in [6.07, 6.45) is 1.79. The van der Waals surface area contributed by atoms with E-state index in [4.69, 9.17) is 31.2 Å². The molecule has 1 heterocycles. The van der Waals surface area contributed by atoms with Gasteiger partial charge in [0, 0.05) is 16.8 Å². The van der Waals surface area contributed by atoms with Gasteiger partial charge in [0.25, 0.3) is 5.91 Å². The molecule has 42 heavy (non-hydrogen) atoms. The Balaban J connectivity index is 1.88. The molecule has 1 N–H and O–H groups in total. The predicted octanol–water partition coefficient (Wildman–Crippen LogP) is 6.34. The molecule has 4 rings (SSSR count). The first-order valence-electron chi connectivity index (χ1n) is 13.9. The van der Waals surface area contributed by atoms with Gasteiger partial charge in [-0.1, -0.05) is 36.4 Å². The van der Waals surface area contributed by atoms with E-state index in [-0.39, 0.29) is 23.2 Å². The van der Waals surface area contributed by atoms with Crippen molar-refractivity contribution in [1.82, 2.24) is 10.2 Å². The second-order valence-corrected chi connectivity index (χ2v) is 9.96. The lowest BCUT2D eigenvalue weighted by molar-refractivity contribution is -0.139. The molecular formula is C33H36N2O6S. The molecule has 0 saturated carbocycles. The summed E-state index contributed by atoms with van der Waals surface area (Å²) < 4.78 is 22.7. The number of carbonyl (C=O) groups is 2. The molecular weight excluding hydrogens is 552 g/mol. The normalized spacial score (nSPS) is 15.4. The van der Waals surface area contributed by atoms with Gasteiger partial charge in [0.1, 0.15) is 5.75 Å². The van der Waals surface area contributed by atoms with Crippen LogP contribution < -0.4 is 19.5 Å². The van der Waals surface area contributed by atoms with E-state index in [2.05, 4.69) is 5.32 Å². The number of allylic oxidation sites excluding steroid dienone is 1. The summed E-state index contributed by atoms with van der Waals surface area (Å²) in [4.78, 5) is 29.1. The van der Waals surface area contributed by atoms with E-state index in [0.717, 1.165) is 16.3 Å². The highest BCUT2D eigenvalue weighted by Gasteiger charge is 2.41. The van der Waals surface area contributed by atoms with Crippen molar-refractivity contribution in [3.05, 3.63) is 82.6 Å². The van der Waals surface area contributed by atoms with Gasteiger partial charge < -0.3 is 24.3 Å². The van der Waals surface area contributed by atoms with Gasteiger partial charge in [0.2, 0.25) is 0 Å². The van der Waals surface area contributed by atoms with Crippen molar-refractivity contribution in [1.29, 1.82) is 0 Å². The SMILES string of the molecule is CCOC(=O)C1=C(C)NC(=S)N(C(=O)/C(C)=C/c2c(OC)ccc3ccccc23)C1c1ccc(OCC)c(OCC)c1. The minimum atomic E-state index is -0.877. The maximum atomic E-state index is 14.3. The van der Waals surface area contributed by atoms with Crippen molar-refractivity contribution in [2.45, 2.75) is 40.7 Å². The maximum Gasteiger partial charge on any atom is 0.338 e. The zero-order valence-corrected chi connectivity index (χ0v) is 25.6. The van der Waals surface area contributed by atoms with Gasteiger partial charge in [0.15, 0.2) is 16.6 Å². The highest BCUT2D eigenvalue weighted by atomic mass is 32.1. The van der Waals surface area contributed by atoms with E-state index in [1.165, 1.54) is 4.90 Å². The smallest absolute Gasteiger partial charge is 0.338 e. The van der Waals surface area contributed by atoms with Crippen LogP contribution in [0.2, 0.25) is 0 Å². The Bertz CT molecular complexity index is 1580. The summed E-state index contributed by atoms with van der Waals surface area (Å²) >= 11 is 5.72. The van der Waals surface area contributed by atoms with Gasteiger partial charge in [0.05, 0.1) is 38.5 Å². The quantitative estimate of drug-likeness (QED) is 0.167. The lowest BCUT2D eigenvalue weighted by atomic mass is 9.92. The molecule has 0 aliphatic carbocycles. The van der Waals surface area contributed by atoms with Crippen molar-refractivity contribution in [2.24, 2.45) is 0 Å². The number of esters is 1. The fourth-order valence-corrected chi connectivity index (χ4v) is 5.39. The number of fused-ring (bicyclic) bond motifs is 1. The zero-order valence-electron chi connectivity index (χ0n) is 24.8. The molecule has 0 spiro atoms. The number of hydrogen-bond donors (Lipinski definition) is 1. The molecule has 1 aliphatic rings. The highest BCUT2D eigenvalue weighted by molar-refractivity contribution is 7.80. The Hall–Kier alpha value is -4.37. The molecule has 8 nitrogen and oxygen atoms in total. The first-order chi connectivity index (χ1) is 20.2. The predicted molar refractivity (Wildman–Crippen MR) is 168 cm³/mol. The van der Waals surface area contributed by atoms with Crippen LogP contribution >= 0.6 is 12.2 Å². The molecule has 1 atom stereocenters. The molecule has 1 aliphatic heterocycles. The summed E-state index contributed by atoms with van der Waals surface area (Å²) in [6, 6.07) is 16.2. The van der Waals surface area contributed by atoms with Crippen molar-refractivity contribution < 1.29 is 28.5 Å². The minimum absolute atomic E-state index is 0.167. The summed E-state index contributed by atoms with van der Waals surface area (Å²) in [5.41, 5.74) is 2.58. The summed E-state index contributed by atoms with van der Waals surface area (Å²) in [6.45, 7) is 10.0. The van der Waals surface area contributed by atoms with Crippen LogP contribution in [0.25, 0.3) is 16.8 Å². The van der Waals surface area contributed by atoms with Crippen LogP contribution in [0.5, 0.6) is 17.2 Å². The topological polar surface area (TPSA) is 86.3 Å². The average molecular weight is 589 g/mol. The Labute approximate surface area is 251 Å². The van der Waals surface area contributed by atoms with Crippen molar-refractivity contribution in [3.63, 3.8) is 0 Å². The summed E-state index contributed by atoms with van der Waals surface area (Å²) in [7, 11) is 1.60. The fraction of sp³-hybridized carbons (Fsp3) is 0.303. The number of hydrogen-bond acceptors (Lipinski definition) is 7. The summed E-state index contributed by atoms with van der Waals surface area (Å²) in [5, 5.41) is 5.17. The van der Waals surface area contributed by atoms with Crippen molar-refractivity contribution >= 4 is 46.1 Å². The Morgan fingerprint density at radius 1 is 0.952 bits per heavy atom. The van der Waals surface area contributed by atoms with E-state index >= 15 is 0 Å². The van der Waals surface area contributed by atoms with E-state index in [1.54, 1.807) is 46.1 Å². The highest BCUT2D eigenvalue weighted by Crippen LogP contribution is 2.40. The molecule has 9 heteroatoms. The molecule has 3 aromatic carbocycles. The third-order valence-corrected chi connectivity index (χ3v) is 7.19. The number of nitrogens with zero attached hydrogens (tertiary/aromatic N) is 1. The van der Waals surface area contributed by atoms with Crippen molar-refractivity contribution in [3.8, 4) is 17.2 Å². The van der Waals surface area contributed by atoms with Crippen LogP contribution in [0.3, 0.4) is 0 Å². The van der Waals surface area contributed by atoms with Gasteiger partial charge >= 0.3 is 5.97 Å². The maximum absolute atomic E-state index is 14.3. The van der Waals surface area contributed by atoms with Crippen LogP contribution in [0.15, 0.2) is 71.4 Å². The first kappa shape index (κ1) is 30.6. The number of methoxy groups -OCH3 is 1. The standard InChI is InChI=1S/C33H36N2O6S/c1-7-39-27-17-15-23(19-28(27)40-8-2)30-29(32(37)41-9-3)21(5)34-33(42)35(30)31(36)20(4)18-25-24-13-11-10-12-22(24)14-16-26(25)38-6/h10-19,30H,7-9H2,1-6H3,(H,34,42)/b20-18+. The van der Waals surface area contributed by atoms with Crippen LogP contribution in [-0.2, 0) is 14.3 Å². The number of carbonyl (C=O) groups excluding carboxylic acids is 2. The van der Waals surface area contributed by atoms with Crippen molar-refractivity contribution in [2.75, 3.05) is 26.9 Å². The lowest BCUT2D eigenvalue weighted by Crippen LogP contribution is -2.51. The number of benzene rings is 3. The second kappa shape index (κ2) is 13.5. The number of amides is 1. The van der Waals surface area contributed by atoms with Gasteiger partial charge in [-0.15, -0.1) is 0 Å². The van der Waals surface area contributed by atoms with E-state index in [9.17, 15) is 9.59 Å². The molecule has 3 aromatic rings. The van der Waals surface area contributed by atoms with E-state index < -0.39 is 12.0 Å². The number of ether oxygens (including phenoxy) is 4. The van der Waals surface area contributed by atoms with Gasteiger partial charge in [-0.2, -0.15) is 0 Å². The number of thiocarbonyl (C=S) groups is 1. The monoisotopic (exact) mass is 588 g/mol. The van der Waals surface area contributed by atoms with Gasteiger partial charge in [-0.3, -0.25) is 9.69 Å². The second-order valence-electron chi connectivity index (χ2n) is 9.57. The zero-order chi connectivity index (χ0) is 30.4. The van der Waals surface area contributed by atoms with E-state index in [0.29, 0.717) is 47.3 Å². The van der Waals surface area contributed by atoms with Crippen LogP contribution in [-0.4, -0.2) is 48.8 Å². The lowest BCUT2D eigenvalue weighted by Gasteiger charge is -2.38. The molecule has 0 aromatic heterocycles. The molecule has 220 valence electrons. The molecule has 0 fully saturated rings. The summed E-state index contributed by atoms with van der Waals surface area (Å²) in [5.74, 6) is 0.774. The van der Waals surface area contributed by atoms with Crippen LogP contribution in [0, 0.1) is 0 Å². The molecule has 0 radical (unpaired) electrons. The Morgan fingerprint density at radius 3 is 2.33 bits per heavy atom. The minimum Gasteiger partial charge on any atom is -0.496 e. The Kier molecular flexibility index (Phi) is 9.85. The average Bonchev–Trinajstić information content (AvgIpc) is 2.97. The van der Waals surface area contributed by atoms with Crippen LogP contribution in [0.4, 0.5) is 0 Å². The van der Waals surface area contributed by atoms with Gasteiger partial charge in [-0.25, -0.2) is 4.79 Å². The first-order valence-corrected chi connectivity index (χ1v) is 14.3.